The number of aliphatic hydroxyl groups is 1. The van der Waals surface area contributed by atoms with Gasteiger partial charge in [-0.2, -0.15) is 0 Å². The molecule has 0 aliphatic carbocycles. The van der Waals surface area contributed by atoms with Gasteiger partial charge in [0.25, 0.3) is 0 Å². The SMILES string of the molecule is B[C@@H]1C[C@H](O)CN1C(=O)[C@H](C)N. The quantitative estimate of drug-likeness (QED) is 0.442. The van der Waals surface area contributed by atoms with Gasteiger partial charge in [-0.1, -0.05) is 0 Å². The first kappa shape index (κ1) is 9.54. The molecule has 1 rings (SSSR count). The molecule has 0 saturated carbocycles. The molecular formula is C7H15BN2O2. The van der Waals surface area contributed by atoms with E-state index in [1.54, 1.807) is 11.8 Å². The third-order valence-corrected chi connectivity index (χ3v) is 2.23. The van der Waals surface area contributed by atoms with Crippen molar-refractivity contribution in [2.75, 3.05) is 6.54 Å². The number of β-amino-alcohol motifs (C(OH)–C–C–N with tert-alkyl or cyclic N) is 1. The van der Waals surface area contributed by atoms with Gasteiger partial charge in [-0.05, 0) is 13.3 Å². The monoisotopic (exact) mass is 170 g/mol. The van der Waals surface area contributed by atoms with Crippen molar-refractivity contribution in [1.29, 1.82) is 0 Å². The predicted molar refractivity (Wildman–Crippen MR) is 48.3 cm³/mol. The molecule has 5 heteroatoms. The number of carbonyl (C=O) groups excluding carboxylic acids is 1. The molecule has 1 aliphatic heterocycles. The molecule has 0 unspecified atom stereocenters. The minimum absolute atomic E-state index is 0.0703. The van der Waals surface area contributed by atoms with E-state index >= 15 is 0 Å². The van der Waals surface area contributed by atoms with Gasteiger partial charge in [0.15, 0.2) is 0 Å². The second-order valence-electron chi connectivity index (χ2n) is 3.52. The predicted octanol–water partition coefficient (Wildman–Crippen LogP) is -2.11. The number of hydrogen-bond donors (Lipinski definition) is 2. The van der Waals surface area contributed by atoms with E-state index in [1.165, 1.54) is 0 Å². The van der Waals surface area contributed by atoms with Gasteiger partial charge in [0.1, 0.15) is 7.85 Å². The Morgan fingerprint density at radius 3 is 2.75 bits per heavy atom. The fraction of sp³-hybridized carbons (Fsp3) is 0.857. The van der Waals surface area contributed by atoms with E-state index in [-0.39, 0.29) is 18.0 Å². The van der Waals surface area contributed by atoms with Crippen LogP contribution < -0.4 is 5.73 Å². The average molecular weight is 170 g/mol. The number of rotatable bonds is 1. The Hall–Kier alpha value is -0.545. The fourth-order valence-corrected chi connectivity index (χ4v) is 1.57. The van der Waals surface area contributed by atoms with Crippen molar-refractivity contribution in [1.82, 2.24) is 4.90 Å². The average Bonchev–Trinajstić information content (AvgIpc) is 2.28. The topological polar surface area (TPSA) is 66.6 Å². The van der Waals surface area contributed by atoms with Crippen LogP contribution in [-0.2, 0) is 4.79 Å². The Morgan fingerprint density at radius 1 is 1.83 bits per heavy atom. The van der Waals surface area contributed by atoms with E-state index in [0.29, 0.717) is 13.0 Å². The molecule has 1 amide bonds. The Kier molecular flexibility index (Phi) is 2.74. The second-order valence-corrected chi connectivity index (χ2v) is 3.52. The minimum atomic E-state index is -0.460. The van der Waals surface area contributed by atoms with Crippen molar-refractivity contribution in [3.8, 4) is 0 Å². The summed E-state index contributed by atoms with van der Waals surface area (Å²) in [6.45, 7) is 2.10. The Bertz CT molecular complexity index is 186. The molecule has 12 heavy (non-hydrogen) atoms. The Morgan fingerprint density at radius 2 is 2.42 bits per heavy atom. The summed E-state index contributed by atoms with van der Waals surface area (Å²) in [7, 11) is 1.93. The van der Waals surface area contributed by atoms with E-state index in [4.69, 9.17) is 5.73 Å². The molecular weight excluding hydrogens is 155 g/mol. The van der Waals surface area contributed by atoms with E-state index < -0.39 is 6.04 Å². The number of hydrogen-bond acceptors (Lipinski definition) is 3. The van der Waals surface area contributed by atoms with Crippen molar-refractivity contribution in [3.05, 3.63) is 0 Å². The van der Waals surface area contributed by atoms with E-state index in [2.05, 4.69) is 0 Å². The van der Waals surface area contributed by atoms with Gasteiger partial charge in [0.2, 0.25) is 5.91 Å². The summed E-state index contributed by atoms with van der Waals surface area (Å²) in [6, 6.07) is -0.460. The second kappa shape index (κ2) is 3.45. The molecule has 1 aliphatic rings. The fourth-order valence-electron chi connectivity index (χ4n) is 1.57. The highest BCUT2D eigenvalue weighted by atomic mass is 16.3. The molecule has 1 saturated heterocycles. The summed E-state index contributed by atoms with van der Waals surface area (Å²) < 4.78 is 0. The van der Waals surface area contributed by atoms with Crippen LogP contribution >= 0.6 is 0 Å². The Labute approximate surface area is 73.1 Å². The number of nitrogens with two attached hydrogens (primary N) is 1. The van der Waals surface area contributed by atoms with Gasteiger partial charge in [-0.3, -0.25) is 4.79 Å². The van der Waals surface area contributed by atoms with Gasteiger partial charge < -0.3 is 15.7 Å². The zero-order valence-corrected chi connectivity index (χ0v) is 7.53. The van der Waals surface area contributed by atoms with Crippen LogP contribution in [0.25, 0.3) is 0 Å². The molecule has 3 N–H and O–H groups in total. The lowest BCUT2D eigenvalue weighted by Gasteiger charge is -2.23. The van der Waals surface area contributed by atoms with Crippen LogP contribution in [0.4, 0.5) is 0 Å². The number of likely N-dealkylation sites (tertiary alicyclic amines) is 1. The summed E-state index contributed by atoms with van der Waals surface area (Å²) in [5.74, 6) is 0.0533. The van der Waals surface area contributed by atoms with Gasteiger partial charge in [-0.25, -0.2) is 0 Å². The normalized spacial score (nSPS) is 32.1. The molecule has 4 nitrogen and oxygen atoms in total. The molecule has 0 bridgehead atoms. The zero-order chi connectivity index (χ0) is 9.30. The van der Waals surface area contributed by atoms with Crippen molar-refractivity contribution in [3.63, 3.8) is 0 Å². The molecule has 0 radical (unpaired) electrons. The minimum Gasteiger partial charge on any atom is -0.391 e. The molecule has 0 aromatic heterocycles. The summed E-state index contributed by atoms with van der Waals surface area (Å²) in [6.07, 6.45) is 0.293. The number of amides is 1. The van der Waals surface area contributed by atoms with Crippen molar-refractivity contribution < 1.29 is 9.90 Å². The summed E-state index contributed by atoms with van der Waals surface area (Å²) in [5.41, 5.74) is 5.45. The van der Waals surface area contributed by atoms with E-state index in [1.807, 2.05) is 7.85 Å². The van der Waals surface area contributed by atoms with Crippen LogP contribution in [-0.4, -0.2) is 48.4 Å². The summed E-state index contributed by atoms with van der Waals surface area (Å²) >= 11 is 0. The number of aliphatic hydroxyl groups excluding tert-OH is 1. The lowest BCUT2D eigenvalue weighted by molar-refractivity contribution is -0.132. The standard InChI is InChI=1S/C7H15BN2O2/c1-4(9)7(12)10-3-5(11)2-6(10)8/h4-6,11H,2-3,8-9H2,1H3/t4-,5-,6-/m0/s1. The maximum atomic E-state index is 11.4. The largest absolute Gasteiger partial charge is 0.391 e. The van der Waals surface area contributed by atoms with Gasteiger partial charge in [0.05, 0.1) is 12.1 Å². The molecule has 0 aromatic carbocycles. The van der Waals surface area contributed by atoms with Crippen LogP contribution in [0.15, 0.2) is 0 Å². The first-order valence-corrected chi connectivity index (χ1v) is 4.26. The highest BCUT2D eigenvalue weighted by molar-refractivity contribution is 6.13. The maximum Gasteiger partial charge on any atom is 0.238 e. The van der Waals surface area contributed by atoms with Gasteiger partial charge >= 0.3 is 0 Å². The van der Waals surface area contributed by atoms with E-state index in [9.17, 15) is 9.90 Å². The number of carbonyl (C=O) groups is 1. The molecule has 68 valence electrons. The van der Waals surface area contributed by atoms with Gasteiger partial charge in [0, 0.05) is 12.5 Å². The van der Waals surface area contributed by atoms with Crippen molar-refractivity contribution in [2.24, 2.45) is 5.73 Å². The van der Waals surface area contributed by atoms with Crippen LogP contribution in [0.3, 0.4) is 0 Å². The first-order chi connectivity index (χ1) is 5.52. The third kappa shape index (κ3) is 1.79. The first-order valence-electron chi connectivity index (χ1n) is 4.26. The molecule has 1 heterocycles. The molecule has 0 aromatic rings. The maximum absolute atomic E-state index is 11.4. The van der Waals surface area contributed by atoms with Crippen LogP contribution in [0.1, 0.15) is 13.3 Å². The Balaban J connectivity index is 2.58. The number of nitrogens with zero attached hydrogens (tertiary/aromatic N) is 1. The third-order valence-electron chi connectivity index (χ3n) is 2.23. The smallest absolute Gasteiger partial charge is 0.238 e. The summed E-state index contributed by atoms with van der Waals surface area (Å²) in [4.78, 5) is 13.0. The lowest BCUT2D eigenvalue weighted by Crippen LogP contribution is -2.45. The highest BCUT2D eigenvalue weighted by Crippen LogP contribution is 2.15. The highest BCUT2D eigenvalue weighted by Gasteiger charge is 2.31. The van der Waals surface area contributed by atoms with E-state index in [0.717, 1.165) is 0 Å². The lowest BCUT2D eigenvalue weighted by atomic mass is 9.93. The molecule has 0 spiro atoms. The van der Waals surface area contributed by atoms with Crippen LogP contribution in [0.2, 0.25) is 0 Å². The van der Waals surface area contributed by atoms with Crippen LogP contribution in [0, 0.1) is 0 Å². The summed E-state index contributed by atoms with van der Waals surface area (Å²) in [5, 5.41) is 9.27. The van der Waals surface area contributed by atoms with Gasteiger partial charge in [-0.15, -0.1) is 0 Å². The molecule has 3 atom stereocenters. The van der Waals surface area contributed by atoms with Crippen molar-refractivity contribution in [2.45, 2.75) is 31.4 Å². The van der Waals surface area contributed by atoms with Crippen LogP contribution in [0.5, 0.6) is 0 Å². The molecule has 1 fully saturated rings. The zero-order valence-electron chi connectivity index (χ0n) is 7.53. The van der Waals surface area contributed by atoms with Crippen molar-refractivity contribution >= 4 is 13.8 Å².